The second-order valence-corrected chi connectivity index (χ2v) is 4.90. The lowest BCUT2D eigenvalue weighted by Crippen LogP contribution is -2.39. The van der Waals surface area contributed by atoms with Crippen molar-refractivity contribution in [3.8, 4) is 6.07 Å². The maximum Gasteiger partial charge on any atom is 0.0635 e. The molecule has 1 saturated carbocycles. The van der Waals surface area contributed by atoms with Crippen molar-refractivity contribution in [2.75, 3.05) is 26.2 Å². The van der Waals surface area contributed by atoms with Gasteiger partial charge in [0.1, 0.15) is 0 Å². The molecule has 0 aromatic carbocycles. The Morgan fingerprint density at radius 2 is 2.13 bits per heavy atom. The standard InChI is InChI=1S/C12H21N3/c13-6-2-8-15(9-11-4-5-11)10-12-3-1-7-14-12/h11-12,14H,1-5,7-10H2. The molecule has 1 aliphatic carbocycles. The van der Waals surface area contributed by atoms with Crippen LogP contribution in [-0.4, -0.2) is 37.1 Å². The van der Waals surface area contributed by atoms with E-state index in [2.05, 4.69) is 16.3 Å². The van der Waals surface area contributed by atoms with E-state index in [4.69, 9.17) is 5.26 Å². The molecule has 0 bridgehead atoms. The van der Waals surface area contributed by atoms with Crippen molar-refractivity contribution >= 4 is 0 Å². The van der Waals surface area contributed by atoms with Gasteiger partial charge < -0.3 is 10.2 Å². The third-order valence-corrected chi connectivity index (χ3v) is 3.39. The van der Waals surface area contributed by atoms with E-state index in [0.29, 0.717) is 12.5 Å². The Bertz CT molecular complexity index is 224. The first kappa shape index (κ1) is 10.9. The largest absolute Gasteiger partial charge is 0.313 e. The van der Waals surface area contributed by atoms with Crippen LogP contribution in [0.1, 0.15) is 32.1 Å². The summed E-state index contributed by atoms with van der Waals surface area (Å²) in [5, 5.41) is 12.2. The number of nitriles is 1. The summed E-state index contributed by atoms with van der Waals surface area (Å²) >= 11 is 0. The Kier molecular flexibility index (Phi) is 3.99. The zero-order chi connectivity index (χ0) is 10.5. The smallest absolute Gasteiger partial charge is 0.0635 e. The second-order valence-electron chi connectivity index (χ2n) is 4.90. The van der Waals surface area contributed by atoms with E-state index in [-0.39, 0.29) is 0 Å². The number of hydrogen-bond donors (Lipinski definition) is 1. The van der Waals surface area contributed by atoms with Gasteiger partial charge in [-0.15, -0.1) is 0 Å². The van der Waals surface area contributed by atoms with Crippen LogP contribution in [-0.2, 0) is 0 Å². The molecule has 2 fully saturated rings. The minimum atomic E-state index is 0.680. The summed E-state index contributed by atoms with van der Waals surface area (Å²) in [5.74, 6) is 0.935. The maximum absolute atomic E-state index is 8.63. The number of hydrogen-bond acceptors (Lipinski definition) is 3. The number of nitrogens with zero attached hydrogens (tertiary/aromatic N) is 2. The average molecular weight is 207 g/mol. The van der Waals surface area contributed by atoms with Crippen LogP contribution < -0.4 is 5.32 Å². The molecular weight excluding hydrogens is 186 g/mol. The fourth-order valence-electron chi connectivity index (χ4n) is 2.36. The molecule has 0 spiro atoms. The van der Waals surface area contributed by atoms with E-state index in [1.807, 2.05) is 0 Å². The van der Waals surface area contributed by atoms with Crippen LogP contribution in [0.25, 0.3) is 0 Å². The van der Waals surface area contributed by atoms with Gasteiger partial charge in [-0.05, 0) is 38.1 Å². The van der Waals surface area contributed by atoms with E-state index in [1.165, 1.54) is 38.8 Å². The zero-order valence-corrected chi connectivity index (χ0v) is 9.41. The predicted octanol–water partition coefficient (Wildman–Crippen LogP) is 1.36. The molecule has 1 saturated heterocycles. The minimum absolute atomic E-state index is 0.680. The Morgan fingerprint density at radius 3 is 2.73 bits per heavy atom. The minimum Gasteiger partial charge on any atom is -0.313 e. The van der Waals surface area contributed by atoms with Crippen LogP contribution in [0.4, 0.5) is 0 Å². The SMILES string of the molecule is N#CCCN(CC1CC1)CC1CCCN1. The Morgan fingerprint density at radius 1 is 1.27 bits per heavy atom. The van der Waals surface area contributed by atoms with Crippen molar-refractivity contribution in [1.82, 2.24) is 10.2 Å². The molecule has 1 aliphatic heterocycles. The first-order chi connectivity index (χ1) is 7.38. The summed E-state index contributed by atoms with van der Waals surface area (Å²) in [6.07, 6.45) is 6.12. The van der Waals surface area contributed by atoms with Crippen molar-refractivity contribution in [3.05, 3.63) is 0 Å². The molecule has 2 rings (SSSR count). The monoisotopic (exact) mass is 207 g/mol. The highest BCUT2D eigenvalue weighted by Crippen LogP contribution is 2.29. The molecular formula is C12H21N3. The lowest BCUT2D eigenvalue weighted by molar-refractivity contribution is 0.245. The fourth-order valence-corrected chi connectivity index (χ4v) is 2.36. The molecule has 0 aromatic heterocycles. The summed E-state index contributed by atoms with van der Waals surface area (Å²) in [6, 6.07) is 2.94. The molecule has 3 heteroatoms. The molecule has 1 heterocycles. The predicted molar refractivity (Wildman–Crippen MR) is 60.4 cm³/mol. The van der Waals surface area contributed by atoms with Crippen molar-refractivity contribution in [1.29, 1.82) is 5.26 Å². The summed E-state index contributed by atoms with van der Waals surface area (Å²) in [6.45, 7) is 4.52. The van der Waals surface area contributed by atoms with Gasteiger partial charge in [0.2, 0.25) is 0 Å². The van der Waals surface area contributed by atoms with Crippen molar-refractivity contribution < 1.29 is 0 Å². The molecule has 0 aromatic rings. The van der Waals surface area contributed by atoms with Crippen LogP contribution in [0, 0.1) is 17.2 Å². The quantitative estimate of drug-likeness (QED) is 0.715. The van der Waals surface area contributed by atoms with Gasteiger partial charge in [0.25, 0.3) is 0 Å². The van der Waals surface area contributed by atoms with Crippen LogP contribution in [0.15, 0.2) is 0 Å². The third-order valence-electron chi connectivity index (χ3n) is 3.39. The zero-order valence-electron chi connectivity index (χ0n) is 9.41. The van der Waals surface area contributed by atoms with E-state index in [9.17, 15) is 0 Å². The highest BCUT2D eigenvalue weighted by molar-refractivity contribution is 4.84. The van der Waals surface area contributed by atoms with Gasteiger partial charge in [0, 0.05) is 32.1 Å². The maximum atomic E-state index is 8.63. The third kappa shape index (κ3) is 3.81. The molecule has 0 amide bonds. The number of rotatable bonds is 6. The van der Waals surface area contributed by atoms with Crippen LogP contribution in [0.5, 0.6) is 0 Å². The topological polar surface area (TPSA) is 39.1 Å². The molecule has 2 aliphatic rings. The first-order valence-electron chi connectivity index (χ1n) is 6.21. The first-order valence-corrected chi connectivity index (χ1v) is 6.21. The average Bonchev–Trinajstić information content (AvgIpc) is 2.90. The highest BCUT2D eigenvalue weighted by atomic mass is 15.2. The van der Waals surface area contributed by atoms with E-state index in [1.54, 1.807) is 0 Å². The van der Waals surface area contributed by atoms with Crippen molar-refractivity contribution in [3.63, 3.8) is 0 Å². The lowest BCUT2D eigenvalue weighted by atomic mass is 10.2. The van der Waals surface area contributed by atoms with Gasteiger partial charge in [0.15, 0.2) is 0 Å². The molecule has 1 unspecified atom stereocenters. The van der Waals surface area contributed by atoms with E-state index < -0.39 is 0 Å². The summed E-state index contributed by atoms with van der Waals surface area (Å²) < 4.78 is 0. The fraction of sp³-hybridized carbons (Fsp3) is 0.917. The summed E-state index contributed by atoms with van der Waals surface area (Å²) in [5.41, 5.74) is 0. The van der Waals surface area contributed by atoms with Gasteiger partial charge in [-0.1, -0.05) is 0 Å². The van der Waals surface area contributed by atoms with Crippen LogP contribution in [0.2, 0.25) is 0 Å². The molecule has 84 valence electrons. The van der Waals surface area contributed by atoms with Gasteiger partial charge in [-0.2, -0.15) is 5.26 Å². The van der Waals surface area contributed by atoms with Crippen molar-refractivity contribution in [2.24, 2.45) is 5.92 Å². The summed E-state index contributed by atoms with van der Waals surface area (Å²) in [7, 11) is 0. The lowest BCUT2D eigenvalue weighted by Gasteiger charge is -2.24. The molecule has 1 N–H and O–H groups in total. The number of nitrogens with one attached hydrogen (secondary N) is 1. The van der Waals surface area contributed by atoms with Gasteiger partial charge in [-0.25, -0.2) is 0 Å². The van der Waals surface area contributed by atoms with Crippen LogP contribution >= 0.6 is 0 Å². The molecule has 15 heavy (non-hydrogen) atoms. The van der Waals surface area contributed by atoms with Crippen LogP contribution in [0.3, 0.4) is 0 Å². The van der Waals surface area contributed by atoms with Gasteiger partial charge in [0.05, 0.1) is 6.07 Å². The Balaban J connectivity index is 1.72. The highest BCUT2D eigenvalue weighted by Gasteiger charge is 2.26. The Hall–Kier alpha value is -0.590. The molecule has 0 radical (unpaired) electrons. The van der Waals surface area contributed by atoms with Gasteiger partial charge >= 0.3 is 0 Å². The van der Waals surface area contributed by atoms with Crippen molar-refractivity contribution in [2.45, 2.75) is 38.1 Å². The van der Waals surface area contributed by atoms with Gasteiger partial charge in [-0.3, -0.25) is 0 Å². The molecule has 3 nitrogen and oxygen atoms in total. The van der Waals surface area contributed by atoms with E-state index in [0.717, 1.165) is 19.0 Å². The Labute approximate surface area is 92.4 Å². The summed E-state index contributed by atoms with van der Waals surface area (Å²) in [4.78, 5) is 2.49. The second kappa shape index (κ2) is 5.48. The molecule has 1 atom stereocenters. The normalized spacial score (nSPS) is 25.7. The van der Waals surface area contributed by atoms with E-state index >= 15 is 0 Å².